The van der Waals surface area contributed by atoms with Crippen molar-refractivity contribution in [1.29, 1.82) is 10.7 Å². The fourth-order valence-corrected chi connectivity index (χ4v) is 1.23. The number of benzene rings is 1. The number of nitrogens with one attached hydrogen (secondary N) is 2. The molecule has 106 valence electrons. The number of nitriles is 1. The van der Waals surface area contributed by atoms with Crippen LogP contribution in [0.5, 0.6) is 5.75 Å². The van der Waals surface area contributed by atoms with Crippen LogP contribution in [0.1, 0.15) is 5.56 Å². The Morgan fingerprint density at radius 2 is 2.15 bits per heavy atom. The minimum Gasteiger partial charge on any atom is -0.495 e. The van der Waals surface area contributed by atoms with Gasteiger partial charge in [-0.1, -0.05) is 0 Å². The van der Waals surface area contributed by atoms with E-state index in [1.165, 1.54) is 13.2 Å². The summed E-state index contributed by atoms with van der Waals surface area (Å²) in [5.41, 5.74) is 5.83. The summed E-state index contributed by atoms with van der Waals surface area (Å²) < 4.78 is 42.6. The van der Waals surface area contributed by atoms with E-state index in [4.69, 9.17) is 21.1 Å². The molecule has 4 N–H and O–H groups in total. The number of ether oxygens (including phenoxy) is 1. The molecule has 0 saturated carbocycles. The number of hydrogen-bond acceptors (Lipinski definition) is 5. The first-order valence-corrected chi connectivity index (χ1v) is 5.13. The van der Waals surface area contributed by atoms with Crippen molar-refractivity contribution < 1.29 is 17.9 Å². The number of alkyl halides is 3. The SMILES string of the molecule is COc1ccc(C(F)(F)F)cc1N/N=C(\C#N)C(=N)N. The van der Waals surface area contributed by atoms with E-state index in [1.54, 1.807) is 0 Å². The van der Waals surface area contributed by atoms with E-state index >= 15 is 0 Å². The highest BCUT2D eigenvalue weighted by Gasteiger charge is 2.31. The van der Waals surface area contributed by atoms with Gasteiger partial charge in [0.1, 0.15) is 11.8 Å². The zero-order valence-corrected chi connectivity index (χ0v) is 10.2. The largest absolute Gasteiger partial charge is 0.495 e. The van der Waals surface area contributed by atoms with E-state index in [0.29, 0.717) is 0 Å². The first-order valence-electron chi connectivity index (χ1n) is 5.13. The molecular weight excluding hydrogens is 275 g/mol. The number of halogens is 3. The lowest BCUT2D eigenvalue weighted by molar-refractivity contribution is -0.137. The molecule has 1 rings (SSSR count). The van der Waals surface area contributed by atoms with Crippen molar-refractivity contribution in [1.82, 2.24) is 0 Å². The van der Waals surface area contributed by atoms with Crippen LogP contribution in [0.25, 0.3) is 0 Å². The second kappa shape index (κ2) is 5.92. The molecular formula is C11H10F3N5O. The van der Waals surface area contributed by atoms with Crippen LogP contribution in [0.2, 0.25) is 0 Å². The van der Waals surface area contributed by atoms with Gasteiger partial charge < -0.3 is 10.5 Å². The average Bonchev–Trinajstić information content (AvgIpc) is 2.37. The van der Waals surface area contributed by atoms with E-state index in [-0.39, 0.29) is 11.4 Å². The molecule has 0 amide bonds. The van der Waals surface area contributed by atoms with Gasteiger partial charge in [-0.15, -0.1) is 0 Å². The van der Waals surface area contributed by atoms with Crippen molar-refractivity contribution in [3.05, 3.63) is 23.8 Å². The summed E-state index contributed by atoms with van der Waals surface area (Å²) in [5.74, 6) is -0.506. The van der Waals surface area contributed by atoms with Crippen molar-refractivity contribution >= 4 is 17.2 Å². The second-order valence-corrected chi connectivity index (χ2v) is 3.51. The van der Waals surface area contributed by atoms with Gasteiger partial charge in [-0.2, -0.15) is 23.5 Å². The molecule has 0 atom stereocenters. The third-order valence-electron chi connectivity index (χ3n) is 2.18. The molecule has 9 heteroatoms. The predicted molar refractivity (Wildman–Crippen MR) is 66.6 cm³/mol. The summed E-state index contributed by atoms with van der Waals surface area (Å²) in [6.45, 7) is 0. The minimum absolute atomic E-state index is 0.0996. The topological polar surface area (TPSA) is 107 Å². The maximum atomic E-state index is 12.6. The summed E-state index contributed by atoms with van der Waals surface area (Å²) in [7, 11) is 1.27. The lowest BCUT2D eigenvalue weighted by Crippen LogP contribution is -2.22. The molecule has 0 radical (unpaired) electrons. The van der Waals surface area contributed by atoms with E-state index in [9.17, 15) is 13.2 Å². The van der Waals surface area contributed by atoms with Gasteiger partial charge in [0, 0.05) is 0 Å². The number of anilines is 1. The third kappa shape index (κ3) is 3.61. The maximum Gasteiger partial charge on any atom is 0.416 e. The molecule has 0 unspecified atom stereocenters. The Morgan fingerprint density at radius 3 is 2.60 bits per heavy atom. The molecule has 0 aliphatic heterocycles. The lowest BCUT2D eigenvalue weighted by atomic mass is 10.2. The van der Waals surface area contributed by atoms with Gasteiger partial charge in [-0.05, 0) is 18.2 Å². The fourth-order valence-electron chi connectivity index (χ4n) is 1.23. The van der Waals surface area contributed by atoms with Crippen molar-refractivity contribution in [2.75, 3.05) is 12.5 Å². The van der Waals surface area contributed by atoms with Crippen LogP contribution in [0.3, 0.4) is 0 Å². The van der Waals surface area contributed by atoms with E-state index in [0.717, 1.165) is 18.2 Å². The van der Waals surface area contributed by atoms with Crippen molar-refractivity contribution in [2.45, 2.75) is 6.18 Å². The fraction of sp³-hybridized carbons (Fsp3) is 0.182. The predicted octanol–water partition coefficient (Wildman–Crippen LogP) is 1.94. The van der Waals surface area contributed by atoms with Crippen LogP contribution >= 0.6 is 0 Å². The molecule has 0 heterocycles. The van der Waals surface area contributed by atoms with Crippen LogP contribution in [-0.4, -0.2) is 18.7 Å². The zero-order chi connectivity index (χ0) is 15.3. The second-order valence-electron chi connectivity index (χ2n) is 3.51. The molecule has 0 aliphatic rings. The highest BCUT2D eigenvalue weighted by Crippen LogP contribution is 2.34. The third-order valence-corrected chi connectivity index (χ3v) is 2.18. The molecule has 0 aromatic heterocycles. The minimum atomic E-state index is -4.52. The van der Waals surface area contributed by atoms with Crippen LogP contribution in [0.4, 0.5) is 18.9 Å². The normalized spacial score (nSPS) is 11.7. The molecule has 6 nitrogen and oxygen atoms in total. The maximum absolute atomic E-state index is 12.6. The van der Waals surface area contributed by atoms with Gasteiger partial charge in [0.2, 0.25) is 5.71 Å². The number of methoxy groups -OCH3 is 1. The Balaban J connectivity index is 3.16. The quantitative estimate of drug-likeness (QED) is 0.446. The van der Waals surface area contributed by atoms with Gasteiger partial charge in [0.15, 0.2) is 5.84 Å². The Kier molecular flexibility index (Phi) is 4.53. The van der Waals surface area contributed by atoms with Gasteiger partial charge in [-0.25, -0.2) is 0 Å². The Labute approximate surface area is 112 Å². The Hall–Kier alpha value is -2.76. The highest BCUT2D eigenvalue weighted by atomic mass is 19.4. The number of nitrogens with two attached hydrogens (primary N) is 1. The van der Waals surface area contributed by atoms with Gasteiger partial charge in [-0.3, -0.25) is 10.8 Å². The molecule has 0 saturated heterocycles. The summed E-state index contributed by atoms with van der Waals surface area (Å²) in [4.78, 5) is 0. The molecule has 0 spiro atoms. The van der Waals surface area contributed by atoms with Gasteiger partial charge in [0.05, 0.1) is 18.4 Å². The van der Waals surface area contributed by atoms with Crippen LogP contribution in [-0.2, 0) is 6.18 Å². The van der Waals surface area contributed by atoms with E-state index in [1.807, 2.05) is 0 Å². The van der Waals surface area contributed by atoms with Crippen LogP contribution in [0.15, 0.2) is 23.3 Å². The number of hydrazone groups is 1. The summed E-state index contributed by atoms with van der Waals surface area (Å²) in [5, 5.41) is 19.1. The standard InChI is InChI=1S/C11H10F3N5O/c1-20-9-3-2-6(11(12,13)14)4-7(9)18-19-8(5-15)10(16)17/h2-4,18H,1H3,(H3,16,17)/b19-8+. The number of nitrogens with zero attached hydrogens (tertiary/aromatic N) is 2. The van der Waals surface area contributed by atoms with Gasteiger partial charge >= 0.3 is 6.18 Å². The van der Waals surface area contributed by atoms with Crippen LogP contribution in [0, 0.1) is 16.7 Å². The molecule has 0 aliphatic carbocycles. The summed E-state index contributed by atoms with van der Waals surface area (Å²) in [6, 6.07) is 4.27. The number of amidine groups is 1. The van der Waals surface area contributed by atoms with Gasteiger partial charge in [0.25, 0.3) is 0 Å². The average molecular weight is 285 g/mol. The summed E-state index contributed by atoms with van der Waals surface area (Å²) >= 11 is 0. The number of rotatable bonds is 4. The van der Waals surface area contributed by atoms with Crippen molar-refractivity contribution in [2.24, 2.45) is 10.8 Å². The monoisotopic (exact) mass is 285 g/mol. The lowest BCUT2D eigenvalue weighted by Gasteiger charge is -2.12. The molecule has 20 heavy (non-hydrogen) atoms. The van der Waals surface area contributed by atoms with E-state index in [2.05, 4.69) is 10.5 Å². The highest BCUT2D eigenvalue weighted by molar-refractivity contribution is 6.45. The first-order chi connectivity index (χ1) is 9.29. The first kappa shape index (κ1) is 15.3. The van der Waals surface area contributed by atoms with Crippen molar-refractivity contribution in [3.63, 3.8) is 0 Å². The number of hydrogen-bond donors (Lipinski definition) is 3. The summed E-state index contributed by atoms with van der Waals surface area (Å²) in [6.07, 6.45) is -4.52. The van der Waals surface area contributed by atoms with Crippen LogP contribution < -0.4 is 15.9 Å². The zero-order valence-electron chi connectivity index (χ0n) is 10.2. The molecule has 1 aromatic rings. The molecule has 0 fully saturated rings. The smallest absolute Gasteiger partial charge is 0.416 e. The van der Waals surface area contributed by atoms with Crippen molar-refractivity contribution in [3.8, 4) is 11.8 Å². The van der Waals surface area contributed by atoms with E-state index < -0.39 is 23.3 Å². The Morgan fingerprint density at radius 1 is 1.50 bits per heavy atom. The molecule has 0 bridgehead atoms. The Bertz CT molecular complexity index is 589. The molecule has 1 aromatic carbocycles.